The zero-order chi connectivity index (χ0) is 12.5. The molecule has 2 N–H and O–H groups in total. The summed E-state index contributed by atoms with van der Waals surface area (Å²) < 4.78 is 21.9. The lowest BCUT2D eigenvalue weighted by Crippen LogP contribution is -2.27. The minimum Gasteiger partial charge on any atom is -0.336 e. The van der Waals surface area contributed by atoms with E-state index in [2.05, 4.69) is 4.98 Å². The second kappa shape index (κ2) is 4.71. The quantitative estimate of drug-likeness (QED) is 0.822. The third-order valence-corrected chi connectivity index (χ3v) is 4.27. The summed E-state index contributed by atoms with van der Waals surface area (Å²) in [6.07, 6.45) is 1.93. The Bertz CT molecular complexity index is 498. The molecule has 1 aliphatic rings. The summed E-state index contributed by atoms with van der Waals surface area (Å²) >= 11 is 1.48. The first-order valence-electron chi connectivity index (χ1n) is 5.10. The molecule has 1 fully saturated rings. The van der Waals surface area contributed by atoms with Crippen molar-refractivity contribution < 1.29 is 13.2 Å². The highest BCUT2D eigenvalue weighted by Gasteiger charge is 2.32. The minimum absolute atomic E-state index is 0.0335. The fourth-order valence-corrected chi connectivity index (χ4v) is 3.45. The average Bonchev–Trinajstić information content (AvgIpc) is 2.75. The smallest absolute Gasteiger partial charge is 0.223 e. The van der Waals surface area contributed by atoms with Gasteiger partial charge in [-0.15, -0.1) is 11.3 Å². The third-order valence-electron chi connectivity index (χ3n) is 2.57. The van der Waals surface area contributed by atoms with Crippen molar-refractivity contribution in [3.05, 3.63) is 16.6 Å². The maximum Gasteiger partial charge on any atom is 0.223 e. The number of amides is 1. The fraction of sp³-hybridized carbons (Fsp3) is 0.556. The molecule has 1 amide bonds. The molecule has 2 heterocycles. The van der Waals surface area contributed by atoms with Crippen molar-refractivity contribution >= 4 is 27.3 Å². The van der Waals surface area contributed by atoms with Crippen LogP contribution in [-0.4, -0.2) is 36.5 Å². The van der Waals surface area contributed by atoms with Crippen molar-refractivity contribution in [2.24, 2.45) is 11.1 Å². The number of aromatic nitrogens is 1. The number of nitrogens with zero attached hydrogens (tertiary/aromatic N) is 2. The van der Waals surface area contributed by atoms with Crippen LogP contribution in [0.5, 0.6) is 0 Å². The highest BCUT2D eigenvalue weighted by Crippen LogP contribution is 2.21. The van der Waals surface area contributed by atoms with Crippen LogP contribution in [0.25, 0.3) is 0 Å². The summed E-state index contributed by atoms with van der Waals surface area (Å²) in [4.78, 5) is 17.4. The number of rotatable bonds is 4. The number of thiazole rings is 1. The van der Waals surface area contributed by atoms with Crippen LogP contribution >= 0.6 is 11.3 Å². The Hall–Kier alpha value is -0.990. The van der Waals surface area contributed by atoms with Crippen LogP contribution in [0, 0.1) is 5.92 Å². The Labute approximate surface area is 103 Å². The minimum atomic E-state index is -3.51. The van der Waals surface area contributed by atoms with Gasteiger partial charge in [-0.25, -0.2) is 18.5 Å². The maximum atomic E-state index is 11.7. The summed E-state index contributed by atoms with van der Waals surface area (Å²) in [6.45, 7) is 0.895. The SMILES string of the molecule is NS(=O)(=O)CC1CC(=O)N(Cc2nccs2)C1. The first kappa shape index (κ1) is 12.5. The zero-order valence-corrected chi connectivity index (χ0v) is 10.7. The van der Waals surface area contributed by atoms with Gasteiger partial charge in [0.1, 0.15) is 5.01 Å². The van der Waals surface area contributed by atoms with Crippen molar-refractivity contribution in [3.63, 3.8) is 0 Å². The monoisotopic (exact) mass is 275 g/mol. The molecule has 1 atom stereocenters. The van der Waals surface area contributed by atoms with E-state index in [-0.39, 0.29) is 24.0 Å². The van der Waals surface area contributed by atoms with E-state index in [9.17, 15) is 13.2 Å². The Morgan fingerprint density at radius 1 is 1.59 bits per heavy atom. The van der Waals surface area contributed by atoms with Crippen molar-refractivity contribution in [3.8, 4) is 0 Å². The number of hydrogen-bond acceptors (Lipinski definition) is 5. The zero-order valence-electron chi connectivity index (χ0n) is 9.07. The van der Waals surface area contributed by atoms with E-state index in [0.29, 0.717) is 13.1 Å². The molecule has 17 heavy (non-hydrogen) atoms. The Morgan fingerprint density at radius 2 is 2.35 bits per heavy atom. The maximum absolute atomic E-state index is 11.7. The molecule has 1 unspecified atom stereocenters. The van der Waals surface area contributed by atoms with Gasteiger partial charge in [-0.1, -0.05) is 0 Å². The van der Waals surface area contributed by atoms with Gasteiger partial charge in [0.15, 0.2) is 0 Å². The topological polar surface area (TPSA) is 93.4 Å². The van der Waals surface area contributed by atoms with Gasteiger partial charge in [0.05, 0.1) is 12.3 Å². The van der Waals surface area contributed by atoms with Gasteiger partial charge in [-0.3, -0.25) is 4.79 Å². The van der Waals surface area contributed by atoms with E-state index in [0.717, 1.165) is 5.01 Å². The summed E-state index contributed by atoms with van der Waals surface area (Å²) in [5.41, 5.74) is 0. The van der Waals surface area contributed by atoms with Crippen LogP contribution in [0.4, 0.5) is 0 Å². The predicted molar refractivity (Wildman–Crippen MR) is 63.6 cm³/mol. The van der Waals surface area contributed by atoms with E-state index in [1.54, 1.807) is 11.1 Å². The summed E-state index contributed by atoms with van der Waals surface area (Å²) in [7, 11) is -3.51. The van der Waals surface area contributed by atoms with E-state index >= 15 is 0 Å². The molecule has 8 heteroatoms. The number of likely N-dealkylation sites (tertiary alicyclic amines) is 1. The van der Waals surface area contributed by atoms with Gasteiger partial charge < -0.3 is 4.90 Å². The van der Waals surface area contributed by atoms with Crippen molar-refractivity contribution in [1.29, 1.82) is 0 Å². The number of hydrogen-bond donors (Lipinski definition) is 1. The lowest BCUT2D eigenvalue weighted by molar-refractivity contribution is -0.128. The van der Waals surface area contributed by atoms with E-state index in [1.165, 1.54) is 11.3 Å². The Balaban J connectivity index is 1.96. The van der Waals surface area contributed by atoms with E-state index in [4.69, 9.17) is 5.14 Å². The number of primary sulfonamides is 1. The molecule has 0 aromatic carbocycles. The second-order valence-electron chi connectivity index (χ2n) is 4.10. The fourth-order valence-electron chi connectivity index (χ4n) is 1.94. The van der Waals surface area contributed by atoms with Gasteiger partial charge in [0.25, 0.3) is 0 Å². The van der Waals surface area contributed by atoms with Crippen molar-refractivity contribution in [1.82, 2.24) is 9.88 Å². The number of carbonyl (C=O) groups excluding carboxylic acids is 1. The van der Waals surface area contributed by atoms with Crippen LogP contribution in [-0.2, 0) is 21.4 Å². The molecular weight excluding hydrogens is 262 g/mol. The molecule has 0 aliphatic carbocycles. The molecule has 0 radical (unpaired) electrons. The molecule has 6 nitrogen and oxygen atoms in total. The predicted octanol–water partition coefficient (Wildman–Crippen LogP) is -0.220. The third kappa shape index (κ3) is 3.48. The largest absolute Gasteiger partial charge is 0.336 e. The molecule has 1 aromatic rings. The molecule has 1 aliphatic heterocycles. The van der Waals surface area contributed by atoms with E-state index < -0.39 is 10.0 Å². The Kier molecular flexibility index (Phi) is 3.45. The van der Waals surface area contributed by atoms with Crippen LogP contribution in [0.15, 0.2) is 11.6 Å². The first-order chi connectivity index (χ1) is 7.94. The highest BCUT2D eigenvalue weighted by molar-refractivity contribution is 7.89. The van der Waals surface area contributed by atoms with Gasteiger partial charge in [-0.2, -0.15) is 0 Å². The number of carbonyl (C=O) groups is 1. The van der Waals surface area contributed by atoms with Crippen molar-refractivity contribution in [2.75, 3.05) is 12.3 Å². The molecule has 1 saturated heterocycles. The van der Waals surface area contributed by atoms with Gasteiger partial charge >= 0.3 is 0 Å². The van der Waals surface area contributed by atoms with Crippen LogP contribution < -0.4 is 5.14 Å². The molecule has 0 bridgehead atoms. The van der Waals surface area contributed by atoms with Gasteiger partial charge in [-0.05, 0) is 0 Å². The van der Waals surface area contributed by atoms with Crippen molar-refractivity contribution in [2.45, 2.75) is 13.0 Å². The molecule has 0 spiro atoms. The van der Waals surface area contributed by atoms with Crippen LogP contribution in [0.2, 0.25) is 0 Å². The number of nitrogens with two attached hydrogens (primary N) is 1. The van der Waals surface area contributed by atoms with Crippen LogP contribution in [0.3, 0.4) is 0 Å². The second-order valence-corrected chi connectivity index (χ2v) is 6.74. The number of sulfonamides is 1. The standard InChI is InChI=1S/C9H13N3O3S2/c10-17(14,15)6-7-3-9(13)12(4-7)5-8-11-1-2-16-8/h1-2,7H,3-6H2,(H2,10,14,15). The van der Waals surface area contributed by atoms with Gasteiger partial charge in [0.2, 0.25) is 15.9 Å². The molecular formula is C9H13N3O3S2. The molecule has 0 saturated carbocycles. The van der Waals surface area contributed by atoms with Crippen LogP contribution in [0.1, 0.15) is 11.4 Å². The summed E-state index contributed by atoms with van der Waals surface area (Å²) in [6, 6.07) is 0. The molecule has 1 aromatic heterocycles. The average molecular weight is 275 g/mol. The lowest BCUT2D eigenvalue weighted by atomic mass is 10.1. The lowest BCUT2D eigenvalue weighted by Gasteiger charge is -2.14. The normalized spacial score (nSPS) is 21.1. The first-order valence-corrected chi connectivity index (χ1v) is 7.70. The summed E-state index contributed by atoms with van der Waals surface area (Å²) in [5.74, 6) is -0.362. The molecule has 2 rings (SSSR count). The molecule has 94 valence electrons. The van der Waals surface area contributed by atoms with E-state index in [1.807, 2.05) is 5.38 Å². The van der Waals surface area contributed by atoms with Gasteiger partial charge in [0, 0.05) is 30.5 Å². The Morgan fingerprint density at radius 3 is 2.94 bits per heavy atom. The summed E-state index contributed by atoms with van der Waals surface area (Å²) in [5, 5.41) is 7.68. The highest BCUT2D eigenvalue weighted by atomic mass is 32.2.